The van der Waals surface area contributed by atoms with Crippen molar-refractivity contribution in [1.82, 2.24) is 19.5 Å². The molecule has 316 valence electrons. The zero-order chi connectivity index (χ0) is 43.6. The van der Waals surface area contributed by atoms with E-state index in [9.17, 15) is 14.7 Å². The maximum atomic E-state index is 12.5. The Balaban J connectivity index is 0.000000156. The molecule has 64 heavy (non-hydrogen) atoms. The lowest BCUT2D eigenvalue weighted by Crippen LogP contribution is -2.09. The fourth-order valence-corrected chi connectivity index (χ4v) is 8.72. The molecule has 2 fully saturated rings. The molecule has 2 aliphatic rings. The van der Waals surface area contributed by atoms with E-state index >= 15 is 0 Å². The Labute approximate surface area is 372 Å². The van der Waals surface area contributed by atoms with Gasteiger partial charge in [0.05, 0.1) is 29.6 Å². The monoisotopic (exact) mass is 840 g/mol. The first kappa shape index (κ1) is 40.5. The molecule has 2 N–H and O–H groups in total. The number of carbonyl (C=O) groups excluding carboxylic acids is 1. The van der Waals surface area contributed by atoms with Crippen molar-refractivity contribution in [2.24, 2.45) is 0 Å². The Kier molecular flexibility index (Phi) is 11.2. The molecule has 2 aliphatic carbocycles. The van der Waals surface area contributed by atoms with Gasteiger partial charge in [-0.15, -0.1) is 0 Å². The van der Waals surface area contributed by atoms with Crippen LogP contribution < -0.4 is 0 Å². The fourth-order valence-electron chi connectivity index (χ4n) is 8.72. The highest BCUT2D eigenvalue weighted by atomic mass is 16.5. The molecule has 2 saturated carbocycles. The third-order valence-corrected chi connectivity index (χ3v) is 12.4. The van der Waals surface area contributed by atoms with E-state index < -0.39 is 5.97 Å². The number of carboxylic acid groups (broad SMARTS) is 1. The lowest BCUT2D eigenvalue weighted by molar-refractivity contribution is 0.0598. The lowest BCUT2D eigenvalue weighted by atomic mass is 10.0. The van der Waals surface area contributed by atoms with Crippen molar-refractivity contribution in [3.05, 3.63) is 214 Å². The summed E-state index contributed by atoms with van der Waals surface area (Å²) in [5, 5.41) is 11.9. The molecule has 4 aromatic heterocycles. The van der Waals surface area contributed by atoms with Crippen LogP contribution >= 0.6 is 0 Å². The SMILES string of the molecule is COC(=O)c1cc(C2CC2)cnc1Cc1ccc2c(c1)cc(-c1ccccc1)n2Cc1ccccc1.O=C(O)c1cc(C2CC2)cnc1Cc1ccc2[nH]c(-c3ccccc3)cc2c1. The van der Waals surface area contributed by atoms with Gasteiger partial charge in [0.15, 0.2) is 0 Å². The van der Waals surface area contributed by atoms with Crippen molar-refractivity contribution in [3.63, 3.8) is 0 Å². The number of nitrogens with zero attached hydrogens (tertiary/aromatic N) is 3. The van der Waals surface area contributed by atoms with Crippen molar-refractivity contribution in [2.45, 2.75) is 56.9 Å². The predicted molar refractivity (Wildman–Crippen MR) is 253 cm³/mol. The number of aromatic carboxylic acids is 1. The van der Waals surface area contributed by atoms with Crippen LogP contribution in [0.1, 0.15) is 97.4 Å². The van der Waals surface area contributed by atoms with Crippen LogP contribution in [-0.4, -0.2) is 43.7 Å². The number of aromatic amines is 1. The number of hydrogen-bond acceptors (Lipinski definition) is 5. The number of ether oxygens (including phenoxy) is 1. The molecule has 0 aliphatic heterocycles. The largest absolute Gasteiger partial charge is 0.478 e. The predicted octanol–water partition coefficient (Wildman–Crippen LogP) is 12.4. The second-order valence-electron chi connectivity index (χ2n) is 17.1. The highest BCUT2D eigenvalue weighted by Gasteiger charge is 2.27. The molecule has 0 unspecified atom stereocenters. The summed E-state index contributed by atoms with van der Waals surface area (Å²) in [5.74, 6) is -0.195. The minimum Gasteiger partial charge on any atom is -0.478 e. The number of fused-ring (bicyclic) bond motifs is 2. The van der Waals surface area contributed by atoms with Gasteiger partial charge < -0.3 is 19.4 Å². The van der Waals surface area contributed by atoms with Crippen LogP contribution in [0, 0.1) is 0 Å². The van der Waals surface area contributed by atoms with Crippen LogP contribution in [0.3, 0.4) is 0 Å². The summed E-state index contributed by atoms with van der Waals surface area (Å²) in [6, 6.07) is 52.2. The van der Waals surface area contributed by atoms with Crippen molar-refractivity contribution < 1.29 is 19.4 Å². The molecule has 9 aromatic rings. The molecule has 0 radical (unpaired) electrons. The summed E-state index contributed by atoms with van der Waals surface area (Å²) < 4.78 is 7.46. The standard InChI is InChI=1S/C32H28N2O2.C24H20N2O2/c1-36-32(35)28-18-27(24-13-14-24)20-33-29(28)17-23-12-15-30-26(16-23)19-31(25-10-6-3-7-11-25)34(30)21-22-8-4-2-5-9-22;27-24(28)20-12-19(16-7-8-16)14-25-23(20)11-15-6-9-21-18(10-15)13-22(26-21)17-4-2-1-3-5-17/h2-12,15-16,18-20,24H,13-14,17,21H2,1H3;1-6,9-10,12-14,16,26H,7-8,11H2,(H,27,28). The van der Waals surface area contributed by atoms with Crippen molar-refractivity contribution in [1.29, 1.82) is 0 Å². The third kappa shape index (κ3) is 8.86. The number of H-pyrrole nitrogens is 1. The maximum Gasteiger partial charge on any atom is 0.339 e. The van der Waals surface area contributed by atoms with E-state index in [-0.39, 0.29) is 5.97 Å². The Morgan fingerprint density at radius 1 is 0.625 bits per heavy atom. The number of pyridine rings is 2. The van der Waals surface area contributed by atoms with Gasteiger partial charge in [0, 0.05) is 65.0 Å². The Morgan fingerprint density at radius 3 is 1.80 bits per heavy atom. The molecule has 11 rings (SSSR count). The summed E-state index contributed by atoms with van der Waals surface area (Å²) >= 11 is 0. The molecule has 0 saturated heterocycles. The van der Waals surface area contributed by atoms with Crippen LogP contribution in [0.25, 0.3) is 44.3 Å². The highest BCUT2D eigenvalue weighted by molar-refractivity contribution is 5.92. The van der Waals surface area contributed by atoms with E-state index in [2.05, 4.69) is 124 Å². The van der Waals surface area contributed by atoms with Gasteiger partial charge in [0.2, 0.25) is 0 Å². The second-order valence-corrected chi connectivity index (χ2v) is 17.1. The summed E-state index contributed by atoms with van der Waals surface area (Å²) in [6.45, 7) is 0.796. The number of esters is 1. The van der Waals surface area contributed by atoms with Gasteiger partial charge in [-0.05, 0) is 125 Å². The molecule has 8 heteroatoms. The normalized spacial score (nSPS) is 13.4. The Morgan fingerprint density at radius 2 is 1.19 bits per heavy atom. The number of rotatable bonds is 12. The molecule has 4 heterocycles. The average molecular weight is 841 g/mol. The summed E-state index contributed by atoms with van der Waals surface area (Å²) in [4.78, 5) is 36.9. The Hall–Kier alpha value is -7.58. The number of methoxy groups -OCH3 is 1. The third-order valence-electron chi connectivity index (χ3n) is 12.4. The maximum absolute atomic E-state index is 12.5. The number of nitrogens with one attached hydrogen (secondary N) is 1. The molecule has 0 atom stereocenters. The van der Waals surface area contributed by atoms with Crippen LogP contribution in [0.15, 0.2) is 164 Å². The summed E-state index contributed by atoms with van der Waals surface area (Å²) in [7, 11) is 1.43. The van der Waals surface area contributed by atoms with Gasteiger partial charge >= 0.3 is 11.9 Å². The molecule has 0 spiro atoms. The second kappa shape index (κ2) is 17.7. The fraction of sp³-hybridized carbons (Fsp3) is 0.179. The smallest absolute Gasteiger partial charge is 0.339 e. The Bertz CT molecular complexity index is 3130. The van der Waals surface area contributed by atoms with Crippen LogP contribution in [0.2, 0.25) is 0 Å². The summed E-state index contributed by atoms with van der Waals surface area (Å²) in [5.41, 5.74) is 14.8. The van der Waals surface area contributed by atoms with Gasteiger partial charge in [-0.3, -0.25) is 9.97 Å². The molecular formula is C56H48N4O4. The van der Waals surface area contributed by atoms with Crippen LogP contribution in [0.5, 0.6) is 0 Å². The first-order valence-corrected chi connectivity index (χ1v) is 22.0. The zero-order valence-corrected chi connectivity index (χ0v) is 35.7. The number of hydrogen-bond donors (Lipinski definition) is 2. The summed E-state index contributed by atoms with van der Waals surface area (Å²) in [6.07, 6.45) is 9.47. The van der Waals surface area contributed by atoms with E-state index in [1.165, 1.54) is 47.7 Å². The number of carboxylic acids is 1. The molecule has 0 bridgehead atoms. The van der Waals surface area contributed by atoms with Gasteiger partial charge in [0.1, 0.15) is 0 Å². The van der Waals surface area contributed by atoms with Crippen molar-refractivity contribution >= 4 is 33.7 Å². The van der Waals surface area contributed by atoms with Crippen molar-refractivity contribution in [2.75, 3.05) is 7.11 Å². The van der Waals surface area contributed by atoms with E-state index in [0.29, 0.717) is 41.5 Å². The van der Waals surface area contributed by atoms with Gasteiger partial charge in [-0.2, -0.15) is 0 Å². The van der Waals surface area contributed by atoms with E-state index in [1.807, 2.05) is 54.9 Å². The molecule has 8 nitrogen and oxygen atoms in total. The molecule has 0 amide bonds. The van der Waals surface area contributed by atoms with E-state index in [4.69, 9.17) is 9.72 Å². The van der Waals surface area contributed by atoms with Gasteiger partial charge in [0.25, 0.3) is 0 Å². The topological polar surface area (TPSA) is 110 Å². The van der Waals surface area contributed by atoms with Gasteiger partial charge in [-0.25, -0.2) is 9.59 Å². The minimum absolute atomic E-state index is 0.318. The van der Waals surface area contributed by atoms with Crippen molar-refractivity contribution in [3.8, 4) is 22.5 Å². The zero-order valence-electron chi connectivity index (χ0n) is 35.7. The number of carbonyl (C=O) groups is 2. The van der Waals surface area contributed by atoms with Crippen LogP contribution in [0.4, 0.5) is 0 Å². The lowest BCUT2D eigenvalue weighted by Gasteiger charge is -2.12. The number of benzene rings is 5. The van der Waals surface area contributed by atoms with E-state index in [1.54, 1.807) is 0 Å². The quantitative estimate of drug-likeness (QED) is 0.119. The number of aromatic nitrogens is 4. The highest BCUT2D eigenvalue weighted by Crippen LogP contribution is 2.41. The van der Waals surface area contributed by atoms with Crippen LogP contribution in [-0.2, 0) is 24.1 Å². The van der Waals surface area contributed by atoms with E-state index in [0.717, 1.165) is 69.5 Å². The first-order chi connectivity index (χ1) is 31.4. The average Bonchev–Trinajstić information content (AvgIpc) is 4.28. The first-order valence-electron chi connectivity index (χ1n) is 22.0. The molecular weight excluding hydrogens is 793 g/mol. The van der Waals surface area contributed by atoms with Gasteiger partial charge in [-0.1, -0.05) is 103 Å². The molecule has 5 aromatic carbocycles. The minimum atomic E-state index is -0.904.